The number of hydrogen-bond donors (Lipinski definition) is 1. The molecule has 1 heterocycles. The van der Waals surface area contributed by atoms with Gasteiger partial charge >= 0.3 is 6.03 Å². The molecule has 4 amide bonds. The first kappa shape index (κ1) is 24.9. The summed E-state index contributed by atoms with van der Waals surface area (Å²) in [6.45, 7) is 3.71. The van der Waals surface area contributed by atoms with Crippen molar-refractivity contribution >= 4 is 41.2 Å². The second-order valence-electron chi connectivity index (χ2n) is 8.20. The molecule has 1 aliphatic rings. The number of carbonyl (C=O) groups excluding carboxylic acids is 3. The predicted molar refractivity (Wildman–Crippen MR) is 134 cm³/mol. The molecule has 0 atom stereocenters. The van der Waals surface area contributed by atoms with Crippen LogP contribution in [-0.4, -0.2) is 25.0 Å². The first-order valence-electron chi connectivity index (χ1n) is 10.9. The molecule has 184 valence electrons. The zero-order valence-corrected chi connectivity index (χ0v) is 20.5. The standard InChI is InChI=1S/C27H22ClFN2O5/c1-15-7-8-22(16(2)9-15)31-26(33)20(25(32)30-27(31)34)11-18-12-21(28)24(23(13-18)35-3)36-14-17-5-4-6-19(29)10-17/h4-13H,14H2,1-3H3,(H,30,32,34)/b20-11+. The van der Waals surface area contributed by atoms with Gasteiger partial charge in [0.15, 0.2) is 11.5 Å². The summed E-state index contributed by atoms with van der Waals surface area (Å²) < 4.78 is 24.6. The fourth-order valence-electron chi connectivity index (χ4n) is 3.84. The molecule has 1 aliphatic heterocycles. The molecule has 4 rings (SSSR count). The van der Waals surface area contributed by atoms with Crippen LogP contribution >= 0.6 is 11.6 Å². The highest BCUT2D eigenvalue weighted by Gasteiger charge is 2.37. The second kappa shape index (κ2) is 10.2. The minimum Gasteiger partial charge on any atom is -0.493 e. The van der Waals surface area contributed by atoms with Gasteiger partial charge in [-0.2, -0.15) is 0 Å². The molecule has 3 aromatic rings. The number of urea groups is 1. The fourth-order valence-corrected chi connectivity index (χ4v) is 4.12. The number of ether oxygens (including phenoxy) is 2. The fraction of sp³-hybridized carbons (Fsp3) is 0.148. The van der Waals surface area contributed by atoms with Crippen molar-refractivity contribution in [3.05, 3.63) is 93.3 Å². The molecule has 0 spiro atoms. The van der Waals surface area contributed by atoms with E-state index in [4.69, 9.17) is 21.1 Å². The molecule has 0 aliphatic carbocycles. The van der Waals surface area contributed by atoms with Crippen LogP contribution < -0.4 is 19.7 Å². The second-order valence-corrected chi connectivity index (χ2v) is 8.61. The van der Waals surface area contributed by atoms with E-state index in [-0.39, 0.29) is 34.5 Å². The summed E-state index contributed by atoms with van der Waals surface area (Å²) in [5.41, 5.74) is 2.77. The molecule has 0 saturated carbocycles. The van der Waals surface area contributed by atoms with Gasteiger partial charge in [0.1, 0.15) is 18.0 Å². The van der Waals surface area contributed by atoms with Gasteiger partial charge < -0.3 is 9.47 Å². The number of aryl methyl sites for hydroxylation is 2. The van der Waals surface area contributed by atoms with Crippen molar-refractivity contribution in [3.63, 3.8) is 0 Å². The minimum absolute atomic E-state index is 0.0438. The van der Waals surface area contributed by atoms with Crippen LogP contribution in [0, 0.1) is 19.7 Å². The van der Waals surface area contributed by atoms with E-state index in [0.29, 0.717) is 22.4 Å². The maximum absolute atomic E-state index is 13.5. The van der Waals surface area contributed by atoms with Crippen LogP contribution in [0.15, 0.2) is 60.2 Å². The van der Waals surface area contributed by atoms with E-state index < -0.39 is 17.8 Å². The SMILES string of the molecule is COc1cc(/C=C2\C(=O)NC(=O)N(c3ccc(C)cc3C)C2=O)cc(Cl)c1OCc1cccc(F)c1. The van der Waals surface area contributed by atoms with E-state index in [2.05, 4.69) is 5.32 Å². The lowest BCUT2D eigenvalue weighted by Gasteiger charge is -2.27. The highest BCUT2D eigenvalue weighted by Crippen LogP contribution is 2.38. The van der Waals surface area contributed by atoms with Crippen molar-refractivity contribution < 1.29 is 28.2 Å². The topological polar surface area (TPSA) is 84.9 Å². The van der Waals surface area contributed by atoms with Gasteiger partial charge in [0.05, 0.1) is 17.8 Å². The number of benzene rings is 3. The average Bonchev–Trinajstić information content (AvgIpc) is 2.82. The Bertz CT molecular complexity index is 1420. The van der Waals surface area contributed by atoms with E-state index in [9.17, 15) is 18.8 Å². The third kappa shape index (κ3) is 5.08. The van der Waals surface area contributed by atoms with Crippen LogP contribution in [0.1, 0.15) is 22.3 Å². The van der Waals surface area contributed by atoms with Gasteiger partial charge in [-0.15, -0.1) is 0 Å². The molecule has 0 unspecified atom stereocenters. The molecular weight excluding hydrogens is 487 g/mol. The van der Waals surface area contributed by atoms with E-state index in [1.165, 1.54) is 37.5 Å². The van der Waals surface area contributed by atoms with Gasteiger partial charge in [-0.1, -0.05) is 41.4 Å². The van der Waals surface area contributed by atoms with Crippen molar-refractivity contribution in [1.29, 1.82) is 0 Å². The van der Waals surface area contributed by atoms with Crippen molar-refractivity contribution in [2.75, 3.05) is 12.0 Å². The van der Waals surface area contributed by atoms with E-state index >= 15 is 0 Å². The molecule has 1 N–H and O–H groups in total. The lowest BCUT2D eigenvalue weighted by atomic mass is 10.0. The molecular formula is C27H22ClFN2O5. The lowest BCUT2D eigenvalue weighted by Crippen LogP contribution is -2.54. The number of carbonyl (C=O) groups is 3. The number of methoxy groups -OCH3 is 1. The normalized spacial score (nSPS) is 14.8. The monoisotopic (exact) mass is 508 g/mol. The number of amides is 4. The number of barbiturate groups is 1. The molecule has 36 heavy (non-hydrogen) atoms. The van der Waals surface area contributed by atoms with E-state index in [0.717, 1.165) is 10.5 Å². The van der Waals surface area contributed by atoms with Gasteiger partial charge in [0.25, 0.3) is 11.8 Å². The first-order valence-corrected chi connectivity index (χ1v) is 11.3. The lowest BCUT2D eigenvalue weighted by molar-refractivity contribution is -0.122. The summed E-state index contributed by atoms with van der Waals surface area (Å²) >= 11 is 6.43. The van der Waals surface area contributed by atoms with Crippen molar-refractivity contribution in [1.82, 2.24) is 5.32 Å². The number of rotatable bonds is 6. The Balaban J connectivity index is 1.66. The third-order valence-corrected chi connectivity index (χ3v) is 5.81. The van der Waals surface area contributed by atoms with Crippen molar-refractivity contribution in [2.45, 2.75) is 20.5 Å². The molecule has 0 bridgehead atoms. The highest BCUT2D eigenvalue weighted by molar-refractivity contribution is 6.39. The van der Waals surface area contributed by atoms with Gasteiger partial charge in [0.2, 0.25) is 0 Å². The van der Waals surface area contributed by atoms with Crippen LogP contribution in [0.4, 0.5) is 14.9 Å². The van der Waals surface area contributed by atoms with Gasteiger partial charge in [-0.05, 0) is 66.9 Å². The van der Waals surface area contributed by atoms with Crippen LogP contribution in [0.25, 0.3) is 6.08 Å². The van der Waals surface area contributed by atoms with Gasteiger partial charge in [-0.25, -0.2) is 14.1 Å². The van der Waals surface area contributed by atoms with E-state index in [1.807, 2.05) is 13.0 Å². The molecule has 0 radical (unpaired) electrons. The van der Waals surface area contributed by atoms with Crippen LogP contribution in [0.5, 0.6) is 11.5 Å². The Morgan fingerprint density at radius 2 is 1.83 bits per heavy atom. The molecule has 1 saturated heterocycles. The van der Waals surface area contributed by atoms with Crippen LogP contribution in [0.3, 0.4) is 0 Å². The number of anilines is 1. The zero-order valence-electron chi connectivity index (χ0n) is 19.7. The Morgan fingerprint density at radius 3 is 2.53 bits per heavy atom. The van der Waals surface area contributed by atoms with Gasteiger partial charge in [0, 0.05) is 0 Å². The van der Waals surface area contributed by atoms with Crippen LogP contribution in [-0.2, 0) is 16.2 Å². The number of nitrogens with one attached hydrogen (secondary N) is 1. The molecule has 7 nitrogen and oxygen atoms in total. The van der Waals surface area contributed by atoms with Crippen molar-refractivity contribution in [2.24, 2.45) is 0 Å². The quantitative estimate of drug-likeness (QED) is 0.358. The largest absolute Gasteiger partial charge is 0.493 e. The van der Waals surface area contributed by atoms with Crippen LogP contribution in [0.2, 0.25) is 5.02 Å². The first-order chi connectivity index (χ1) is 17.2. The summed E-state index contributed by atoms with van der Waals surface area (Å²) in [6.07, 6.45) is 1.32. The Labute approximate surface area is 212 Å². The summed E-state index contributed by atoms with van der Waals surface area (Å²) in [7, 11) is 1.41. The molecule has 3 aromatic carbocycles. The Morgan fingerprint density at radius 1 is 1.06 bits per heavy atom. The third-order valence-electron chi connectivity index (χ3n) is 5.53. The van der Waals surface area contributed by atoms with Crippen molar-refractivity contribution in [3.8, 4) is 11.5 Å². The van der Waals surface area contributed by atoms with E-state index in [1.54, 1.807) is 31.2 Å². The highest BCUT2D eigenvalue weighted by atomic mass is 35.5. The minimum atomic E-state index is -0.828. The zero-order chi connectivity index (χ0) is 26.0. The maximum atomic E-state index is 13.5. The Hall–Kier alpha value is -4.17. The number of halogens is 2. The number of imide groups is 2. The molecule has 0 aromatic heterocycles. The summed E-state index contributed by atoms with van der Waals surface area (Å²) in [4.78, 5) is 39.3. The van der Waals surface area contributed by atoms with Gasteiger partial charge in [-0.3, -0.25) is 14.9 Å². The maximum Gasteiger partial charge on any atom is 0.335 e. The molecule has 9 heteroatoms. The summed E-state index contributed by atoms with van der Waals surface area (Å²) in [6, 6.07) is 13.4. The summed E-state index contributed by atoms with van der Waals surface area (Å²) in [5.74, 6) is -1.52. The Kier molecular flexibility index (Phi) is 7.07. The summed E-state index contributed by atoms with van der Waals surface area (Å²) in [5, 5.41) is 2.36. The predicted octanol–water partition coefficient (Wildman–Crippen LogP) is 5.35. The number of hydrogen-bond acceptors (Lipinski definition) is 5. The smallest absolute Gasteiger partial charge is 0.335 e. The average molecular weight is 509 g/mol. The molecule has 1 fully saturated rings. The number of nitrogens with zero attached hydrogens (tertiary/aromatic N) is 1.